The highest BCUT2D eigenvalue weighted by Crippen LogP contribution is 2.61. The molecule has 0 spiro atoms. The molecule has 4 fully saturated rings. The summed E-state index contributed by atoms with van der Waals surface area (Å²) in [5.74, 6) is 4.50. The molecule has 0 saturated heterocycles. The SMILES string of the molecule is SCCCCCCCCCCCCCCCCCCC12CC3CC(CC(C3)C1)C2. The summed E-state index contributed by atoms with van der Waals surface area (Å²) in [7, 11) is 0. The van der Waals surface area contributed by atoms with Crippen molar-refractivity contribution in [1.82, 2.24) is 0 Å². The van der Waals surface area contributed by atoms with Crippen LogP contribution in [-0.2, 0) is 0 Å². The second-order valence-electron chi connectivity index (χ2n) is 11.5. The van der Waals surface area contributed by atoms with Crippen LogP contribution in [0.4, 0.5) is 0 Å². The van der Waals surface area contributed by atoms with E-state index >= 15 is 0 Å². The van der Waals surface area contributed by atoms with Gasteiger partial charge in [-0.2, -0.15) is 12.6 Å². The minimum Gasteiger partial charge on any atom is -0.179 e. The van der Waals surface area contributed by atoms with E-state index in [1.54, 1.807) is 51.4 Å². The molecule has 0 atom stereocenters. The van der Waals surface area contributed by atoms with Gasteiger partial charge in [0.25, 0.3) is 0 Å². The molecule has 29 heavy (non-hydrogen) atoms. The van der Waals surface area contributed by atoms with Gasteiger partial charge in [-0.3, -0.25) is 0 Å². The van der Waals surface area contributed by atoms with Crippen LogP contribution in [0.25, 0.3) is 0 Å². The van der Waals surface area contributed by atoms with E-state index in [0.717, 1.165) is 28.9 Å². The maximum atomic E-state index is 4.28. The summed E-state index contributed by atoms with van der Waals surface area (Å²) >= 11 is 4.28. The van der Waals surface area contributed by atoms with Crippen LogP contribution in [0.5, 0.6) is 0 Å². The summed E-state index contributed by atoms with van der Waals surface area (Å²) in [4.78, 5) is 0. The molecular formula is C28H52S. The molecule has 0 amide bonds. The first-order valence-corrected chi connectivity index (χ1v) is 14.5. The quantitative estimate of drug-likeness (QED) is 0.165. The Balaban J connectivity index is 1.05. The van der Waals surface area contributed by atoms with Crippen LogP contribution in [0.3, 0.4) is 0 Å². The van der Waals surface area contributed by atoms with Crippen LogP contribution in [0, 0.1) is 23.2 Å². The van der Waals surface area contributed by atoms with E-state index in [4.69, 9.17) is 0 Å². The number of hydrogen-bond acceptors (Lipinski definition) is 1. The second-order valence-corrected chi connectivity index (χ2v) is 12.0. The Bertz CT molecular complexity index is 379. The largest absolute Gasteiger partial charge is 0.179 e. The maximum absolute atomic E-state index is 4.28. The van der Waals surface area contributed by atoms with Crippen LogP contribution in [-0.4, -0.2) is 5.75 Å². The van der Waals surface area contributed by atoms with E-state index in [1.165, 1.54) is 96.3 Å². The average molecular weight is 421 g/mol. The molecule has 4 rings (SSSR count). The smallest absolute Gasteiger partial charge is 0.00979 e. The highest BCUT2D eigenvalue weighted by atomic mass is 32.1. The van der Waals surface area contributed by atoms with Crippen molar-refractivity contribution in [3.63, 3.8) is 0 Å². The molecule has 0 heterocycles. The molecule has 4 bridgehead atoms. The zero-order valence-electron chi connectivity index (χ0n) is 19.6. The number of thiol groups is 1. The molecule has 0 nitrogen and oxygen atoms in total. The van der Waals surface area contributed by atoms with Gasteiger partial charge < -0.3 is 0 Å². The molecule has 0 aromatic heterocycles. The Morgan fingerprint density at radius 1 is 0.448 bits per heavy atom. The first-order valence-electron chi connectivity index (χ1n) is 13.9. The van der Waals surface area contributed by atoms with E-state index < -0.39 is 0 Å². The van der Waals surface area contributed by atoms with E-state index in [0.29, 0.717) is 0 Å². The molecule has 4 saturated carbocycles. The summed E-state index contributed by atoms with van der Waals surface area (Å²) in [6.45, 7) is 0. The topological polar surface area (TPSA) is 0 Å². The molecule has 0 radical (unpaired) electrons. The lowest BCUT2D eigenvalue weighted by molar-refractivity contribution is -0.0583. The Morgan fingerprint density at radius 2 is 0.759 bits per heavy atom. The first kappa shape index (κ1) is 24.0. The normalized spacial score (nSPS) is 30.3. The summed E-state index contributed by atoms with van der Waals surface area (Å²) < 4.78 is 0. The fourth-order valence-corrected chi connectivity index (χ4v) is 7.91. The lowest BCUT2D eigenvalue weighted by Crippen LogP contribution is -2.45. The molecule has 1 heteroatoms. The van der Waals surface area contributed by atoms with Crippen molar-refractivity contribution in [3.05, 3.63) is 0 Å². The third kappa shape index (κ3) is 8.78. The standard InChI is InChI=1S/C28H52S/c29-18-16-14-12-10-8-6-4-2-1-3-5-7-9-11-13-15-17-28-22-25-19-26(23-28)21-27(20-25)24-28/h25-27,29H,1-24H2. The summed E-state index contributed by atoms with van der Waals surface area (Å²) in [5, 5.41) is 0. The lowest BCUT2D eigenvalue weighted by Gasteiger charge is -2.57. The molecular weight excluding hydrogens is 368 g/mol. The molecule has 0 unspecified atom stereocenters. The van der Waals surface area contributed by atoms with Gasteiger partial charge in [0.2, 0.25) is 0 Å². The van der Waals surface area contributed by atoms with Crippen molar-refractivity contribution >= 4 is 12.6 Å². The third-order valence-electron chi connectivity index (χ3n) is 8.78. The highest BCUT2D eigenvalue weighted by molar-refractivity contribution is 7.80. The van der Waals surface area contributed by atoms with Gasteiger partial charge in [-0.05, 0) is 80.3 Å². The predicted molar refractivity (Wildman–Crippen MR) is 133 cm³/mol. The van der Waals surface area contributed by atoms with Gasteiger partial charge >= 0.3 is 0 Å². The molecule has 4 aliphatic rings. The van der Waals surface area contributed by atoms with Gasteiger partial charge in [0.05, 0.1) is 0 Å². The minimum absolute atomic E-state index is 0.835. The van der Waals surface area contributed by atoms with Gasteiger partial charge in [0.1, 0.15) is 0 Å². The Labute approximate surface area is 189 Å². The average Bonchev–Trinajstić information content (AvgIpc) is 2.69. The monoisotopic (exact) mass is 420 g/mol. The molecule has 0 N–H and O–H groups in total. The maximum Gasteiger partial charge on any atom is -0.00979 e. The Morgan fingerprint density at radius 3 is 1.10 bits per heavy atom. The van der Waals surface area contributed by atoms with Gasteiger partial charge in [0, 0.05) is 0 Å². The van der Waals surface area contributed by atoms with Crippen LogP contribution in [0.15, 0.2) is 0 Å². The highest BCUT2D eigenvalue weighted by Gasteiger charge is 2.50. The van der Waals surface area contributed by atoms with Crippen molar-refractivity contribution < 1.29 is 0 Å². The van der Waals surface area contributed by atoms with Crippen LogP contribution >= 0.6 is 12.6 Å². The lowest BCUT2D eigenvalue weighted by atomic mass is 9.48. The summed E-state index contributed by atoms with van der Waals surface area (Å²) in [6, 6.07) is 0. The zero-order chi connectivity index (χ0) is 20.2. The summed E-state index contributed by atoms with van der Waals surface area (Å²) in [5.41, 5.74) is 0.835. The van der Waals surface area contributed by atoms with Crippen LogP contribution < -0.4 is 0 Å². The van der Waals surface area contributed by atoms with Gasteiger partial charge in [0.15, 0.2) is 0 Å². The van der Waals surface area contributed by atoms with E-state index in [1.807, 2.05) is 0 Å². The third-order valence-corrected chi connectivity index (χ3v) is 9.10. The van der Waals surface area contributed by atoms with Crippen LogP contribution in [0.1, 0.15) is 148 Å². The number of rotatable bonds is 18. The van der Waals surface area contributed by atoms with Crippen molar-refractivity contribution in [3.8, 4) is 0 Å². The molecule has 4 aliphatic carbocycles. The molecule has 170 valence electrons. The zero-order valence-corrected chi connectivity index (χ0v) is 20.5. The van der Waals surface area contributed by atoms with E-state index in [2.05, 4.69) is 12.6 Å². The fourth-order valence-electron chi connectivity index (χ4n) is 7.68. The van der Waals surface area contributed by atoms with Crippen molar-refractivity contribution in [2.75, 3.05) is 5.75 Å². The molecule has 0 aliphatic heterocycles. The fraction of sp³-hybridized carbons (Fsp3) is 1.00. The second kappa shape index (κ2) is 13.7. The Hall–Kier alpha value is 0.350. The Kier molecular flexibility index (Phi) is 11.3. The van der Waals surface area contributed by atoms with Gasteiger partial charge in [-0.25, -0.2) is 0 Å². The number of hydrogen-bond donors (Lipinski definition) is 1. The minimum atomic E-state index is 0.835. The van der Waals surface area contributed by atoms with Crippen molar-refractivity contribution in [2.24, 2.45) is 23.2 Å². The first-order chi connectivity index (χ1) is 14.3. The van der Waals surface area contributed by atoms with Crippen molar-refractivity contribution in [2.45, 2.75) is 148 Å². The van der Waals surface area contributed by atoms with Crippen LogP contribution in [0.2, 0.25) is 0 Å². The molecule has 0 aromatic carbocycles. The van der Waals surface area contributed by atoms with Gasteiger partial charge in [-0.15, -0.1) is 0 Å². The molecule has 0 aromatic rings. The van der Waals surface area contributed by atoms with E-state index in [9.17, 15) is 0 Å². The van der Waals surface area contributed by atoms with Crippen molar-refractivity contribution in [1.29, 1.82) is 0 Å². The van der Waals surface area contributed by atoms with Gasteiger partial charge in [-0.1, -0.05) is 96.3 Å². The summed E-state index contributed by atoms with van der Waals surface area (Å²) in [6.07, 6.45) is 34.9. The number of unbranched alkanes of at least 4 members (excludes halogenated alkanes) is 15. The van der Waals surface area contributed by atoms with E-state index in [-0.39, 0.29) is 0 Å². The predicted octanol–water partition coefficient (Wildman–Crippen LogP) is 9.76.